The number of carbonyl (C=O) groups is 1. The highest BCUT2D eigenvalue weighted by Gasteiger charge is 2.33. The lowest BCUT2D eigenvalue weighted by Gasteiger charge is -2.23. The molecule has 1 fully saturated rings. The van der Waals surface area contributed by atoms with Gasteiger partial charge in [0.1, 0.15) is 5.76 Å². The quantitative estimate of drug-likeness (QED) is 0.873. The molecule has 1 aromatic heterocycles. The second-order valence-electron chi connectivity index (χ2n) is 5.55. The van der Waals surface area contributed by atoms with Gasteiger partial charge in [-0.05, 0) is 19.9 Å². The molecule has 0 saturated carbocycles. The van der Waals surface area contributed by atoms with Crippen molar-refractivity contribution < 1.29 is 17.7 Å². The maximum atomic E-state index is 12.5. The van der Waals surface area contributed by atoms with E-state index in [9.17, 15) is 13.2 Å². The van der Waals surface area contributed by atoms with Crippen LogP contribution in [-0.4, -0.2) is 49.8 Å². The number of sulfonamides is 1. The van der Waals surface area contributed by atoms with E-state index in [-0.39, 0.29) is 29.3 Å². The molecule has 1 N–H and O–H groups in total. The van der Waals surface area contributed by atoms with E-state index in [1.165, 1.54) is 7.05 Å². The van der Waals surface area contributed by atoms with Crippen molar-refractivity contribution in [2.45, 2.75) is 38.6 Å². The predicted octanol–water partition coefficient (Wildman–Crippen LogP) is 0.952. The van der Waals surface area contributed by atoms with Crippen LogP contribution in [0.2, 0.25) is 0 Å². The normalized spacial score (nSPS) is 19.4. The Morgan fingerprint density at radius 3 is 2.86 bits per heavy atom. The molecule has 8 heteroatoms. The third kappa shape index (κ3) is 3.62. The lowest BCUT2D eigenvalue weighted by atomic mass is 10.1. The van der Waals surface area contributed by atoms with Crippen molar-refractivity contribution in [1.29, 1.82) is 0 Å². The van der Waals surface area contributed by atoms with Crippen LogP contribution in [0.3, 0.4) is 0 Å². The number of carbonyl (C=O) groups excluding carboxylic acids is 1. The number of nitrogens with zero attached hydrogens (tertiary/aromatic N) is 2. The van der Waals surface area contributed by atoms with E-state index in [1.807, 2.05) is 13.8 Å². The third-order valence-corrected chi connectivity index (χ3v) is 5.12. The van der Waals surface area contributed by atoms with Gasteiger partial charge in [0.2, 0.25) is 10.0 Å². The van der Waals surface area contributed by atoms with Crippen LogP contribution in [0.15, 0.2) is 10.6 Å². The fourth-order valence-corrected chi connectivity index (χ4v) is 3.44. The molecule has 2 rings (SSSR count). The van der Waals surface area contributed by atoms with Gasteiger partial charge >= 0.3 is 0 Å². The van der Waals surface area contributed by atoms with Crippen LogP contribution >= 0.6 is 0 Å². The van der Waals surface area contributed by atoms with Crippen molar-refractivity contribution in [3.8, 4) is 0 Å². The van der Waals surface area contributed by atoms with Gasteiger partial charge in [-0.15, -0.1) is 0 Å². The van der Waals surface area contributed by atoms with Crippen LogP contribution in [0.25, 0.3) is 0 Å². The van der Waals surface area contributed by atoms with E-state index < -0.39 is 10.0 Å². The van der Waals surface area contributed by atoms with Gasteiger partial charge < -0.3 is 9.42 Å². The van der Waals surface area contributed by atoms with E-state index in [4.69, 9.17) is 4.52 Å². The third-order valence-electron chi connectivity index (χ3n) is 3.68. The molecule has 1 aromatic rings. The number of likely N-dealkylation sites (tertiary alicyclic amines) is 1. The molecule has 1 amide bonds. The van der Waals surface area contributed by atoms with Gasteiger partial charge in [0.15, 0.2) is 5.69 Å². The molecule has 1 aliphatic heterocycles. The standard InChI is InChI=1S/C13H21N3O4S/c1-9(2)12-7-11(15-20-12)13(17)16-6-4-5-10(16)8-21(18,19)14-3/h7,9-10,14H,4-6,8H2,1-3H3. The lowest BCUT2D eigenvalue weighted by molar-refractivity contribution is 0.0738. The molecule has 1 unspecified atom stereocenters. The van der Waals surface area contributed by atoms with Crippen molar-refractivity contribution in [2.24, 2.45) is 0 Å². The summed E-state index contributed by atoms with van der Waals surface area (Å²) in [5.41, 5.74) is 0.243. The average Bonchev–Trinajstić information content (AvgIpc) is 3.06. The highest BCUT2D eigenvalue weighted by atomic mass is 32.2. The molecular formula is C13H21N3O4S. The second-order valence-corrected chi connectivity index (χ2v) is 7.52. The van der Waals surface area contributed by atoms with Crippen LogP contribution < -0.4 is 4.72 Å². The van der Waals surface area contributed by atoms with Gasteiger partial charge in [0, 0.05) is 24.6 Å². The van der Waals surface area contributed by atoms with E-state index in [0.29, 0.717) is 18.7 Å². The summed E-state index contributed by atoms with van der Waals surface area (Å²) in [5.74, 6) is 0.457. The Kier molecular flexibility index (Phi) is 4.67. The molecule has 0 radical (unpaired) electrons. The first-order valence-corrected chi connectivity index (χ1v) is 8.68. The summed E-state index contributed by atoms with van der Waals surface area (Å²) in [6.45, 7) is 4.45. The largest absolute Gasteiger partial charge is 0.360 e. The first kappa shape index (κ1) is 16.0. The minimum atomic E-state index is -3.35. The van der Waals surface area contributed by atoms with E-state index in [2.05, 4.69) is 9.88 Å². The van der Waals surface area contributed by atoms with Crippen LogP contribution in [0.1, 0.15) is 48.9 Å². The Morgan fingerprint density at radius 1 is 1.57 bits per heavy atom. The van der Waals surface area contributed by atoms with Crippen molar-refractivity contribution >= 4 is 15.9 Å². The molecule has 0 bridgehead atoms. The van der Waals surface area contributed by atoms with Crippen molar-refractivity contribution in [3.63, 3.8) is 0 Å². The number of hydrogen-bond acceptors (Lipinski definition) is 5. The van der Waals surface area contributed by atoms with Crippen molar-refractivity contribution in [2.75, 3.05) is 19.3 Å². The summed E-state index contributed by atoms with van der Waals surface area (Å²) in [6.07, 6.45) is 1.48. The van der Waals surface area contributed by atoms with Crippen LogP contribution in [0.5, 0.6) is 0 Å². The molecule has 7 nitrogen and oxygen atoms in total. The summed E-state index contributed by atoms with van der Waals surface area (Å²) in [4.78, 5) is 14.0. The molecule has 118 valence electrons. The van der Waals surface area contributed by atoms with Crippen molar-refractivity contribution in [1.82, 2.24) is 14.8 Å². The van der Waals surface area contributed by atoms with Gasteiger partial charge in [-0.25, -0.2) is 13.1 Å². The maximum Gasteiger partial charge on any atom is 0.276 e. The predicted molar refractivity (Wildman–Crippen MR) is 77.5 cm³/mol. The molecule has 0 spiro atoms. The first-order chi connectivity index (χ1) is 9.84. The van der Waals surface area contributed by atoms with E-state index in [0.717, 1.165) is 6.42 Å². The minimum absolute atomic E-state index is 0.0792. The summed E-state index contributed by atoms with van der Waals surface area (Å²) in [7, 11) is -1.97. The zero-order valence-electron chi connectivity index (χ0n) is 12.5. The topological polar surface area (TPSA) is 92.5 Å². The summed E-state index contributed by atoms with van der Waals surface area (Å²) >= 11 is 0. The fourth-order valence-electron chi connectivity index (χ4n) is 2.42. The first-order valence-electron chi connectivity index (χ1n) is 7.03. The summed E-state index contributed by atoms with van der Waals surface area (Å²) in [5, 5.41) is 3.80. The SMILES string of the molecule is CNS(=O)(=O)CC1CCCN1C(=O)c1cc(C(C)C)on1. The lowest BCUT2D eigenvalue weighted by Crippen LogP contribution is -2.41. The minimum Gasteiger partial charge on any atom is -0.360 e. The van der Waals surface area contributed by atoms with Gasteiger partial charge in [-0.2, -0.15) is 0 Å². The summed E-state index contributed by atoms with van der Waals surface area (Å²) in [6, 6.07) is 1.32. The maximum absolute atomic E-state index is 12.5. The van der Waals surface area contributed by atoms with Gasteiger partial charge in [-0.1, -0.05) is 19.0 Å². The average molecular weight is 315 g/mol. The van der Waals surface area contributed by atoms with Gasteiger partial charge in [0.25, 0.3) is 5.91 Å². The van der Waals surface area contributed by atoms with Crippen LogP contribution in [-0.2, 0) is 10.0 Å². The number of amides is 1. The molecule has 2 heterocycles. The number of aromatic nitrogens is 1. The molecule has 1 atom stereocenters. The number of rotatable bonds is 5. The smallest absolute Gasteiger partial charge is 0.276 e. The molecule has 0 aliphatic carbocycles. The monoisotopic (exact) mass is 315 g/mol. The molecule has 1 aliphatic rings. The van der Waals surface area contributed by atoms with E-state index >= 15 is 0 Å². The zero-order valence-corrected chi connectivity index (χ0v) is 13.3. The number of hydrogen-bond donors (Lipinski definition) is 1. The Hall–Kier alpha value is -1.41. The van der Waals surface area contributed by atoms with Crippen LogP contribution in [0, 0.1) is 0 Å². The zero-order chi connectivity index (χ0) is 15.6. The van der Waals surface area contributed by atoms with Gasteiger partial charge in [-0.3, -0.25) is 4.79 Å². The second kappa shape index (κ2) is 6.15. The molecule has 21 heavy (non-hydrogen) atoms. The van der Waals surface area contributed by atoms with Crippen molar-refractivity contribution in [3.05, 3.63) is 17.5 Å². The van der Waals surface area contributed by atoms with Crippen LogP contribution in [0.4, 0.5) is 0 Å². The summed E-state index contributed by atoms with van der Waals surface area (Å²) < 4.78 is 30.8. The molecular weight excluding hydrogens is 294 g/mol. The Balaban J connectivity index is 2.13. The molecule has 0 aromatic carbocycles. The van der Waals surface area contributed by atoms with Gasteiger partial charge in [0.05, 0.1) is 5.75 Å². The highest BCUT2D eigenvalue weighted by molar-refractivity contribution is 7.89. The van der Waals surface area contributed by atoms with E-state index in [1.54, 1.807) is 11.0 Å². The fraction of sp³-hybridized carbons (Fsp3) is 0.692. The Labute approximate surface area is 124 Å². The Bertz CT molecular complexity index is 609. The number of nitrogens with one attached hydrogen (secondary N) is 1. The highest BCUT2D eigenvalue weighted by Crippen LogP contribution is 2.22. The Morgan fingerprint density at radius 2 is 2.29 bits per heavy atom. The molecule has 1 saturated heterocycles.